The van der Waals surface area contributed by atoms with Crippen LogP contribution in [0.1, 0.15) is 32.1 Å². The highest BCUT2D eigenvalue weighted by Gasteiger charge is 2.54. The third-order valence-corrected chi connectivity index (χ3v) is 3.83. The third kappa shape index (κ3) is 0.698. The molecule has 60 valence electrons. The molecule has 1 saturated carbocycles. The average Bonchev–Trinajstić information content (AvgIpc) is 2.36. The predicted molar refractivity (Wildman–Crippen MR) is 45.0 cm³/mol. The topological polar surface area (TPSA) is 0 Å². The fourth-order valence-corrected chi connectivity index (χ4v) is 2.55. The molecule has 0 radical (unpaired) electrons. The highest BCUT2D eigenvalue weighted by Crippen LogP contribution is 2.46. The van der Waals surface area contributed by atoms with Crippen molar-refractivity contribution >= 4 is 0 Å². The first-order valence-corrected chi connectivity index (χ1v) is 4.98. The van der Waals surface area contributed by atoms with Crippen LogP contribution in [0.2, 0.25) is 0 Å². The Morgan fingerprint density at radius 1 is 1.27 bits per heavy atom. The van der Waals surface area contributed by atoms with Gasteiger partial charge in [-0.05, 0) is 18.9 Å². The molecule has 1 nitrogen and oxygen atoms in total. The summed E-state index contributed by atoms with van der Waals surface area (Å²) in [7, 11) is 0. The van der Waals surface area contributed by atoms with Gasteiger partial charge in [0.2, 0.25) is 0 Å². The normalized spacial score (nSPS) is 33.6. The summed E-state index contributed by atoms with van der Waals surface area (Å²) >= 11 is 0. The second kappa shape index (κ2) is 1.89. The van der Waals surface area contributed by atoms with Gasteiger partial charge in [0.1, 0.15) is 18.8 Å². The van der Waals surface area contributed by atoms with Gasteiger partial charge in [-0.25, -0.2) is 0 Å². The summed E-state index contributed by atoms with van der Waals surface area (Å²) in [5, 5.41) is 0. The van der Waals surface area contributed by atoms with E-state index < -0.39 is 0 Å². The van der Waals surface area contributed by atoms with Gasteiger partial charge in [-0.2, -0.15) is 0 Å². The van der Waals surface area contributed by atoms with E-state index in [-0.39, 0.29) is 0 Å². The first-order chi connectivity index (χ1) is 5.42. The lowest BCUT2D eigenvalue weighted by atomic mass is 9.89. The molecule has 3 rings (SSSR count). The molecule has 0 N–H and O–H groups in total. The Balaban J connectivity index is 1.81. The van der Waals surface area contributed by atoms with Crippen LogP contribution in [0.15, 0.2) is 11.8 Å². The largest absolute Gasteiger partial charge is 0.283 e. The molecule has 0 bridgehead atoms. The summed E-state index contributed by atoms with van der Waals surface area (Å²) in [6.07, 6.45) is 9.77. The van der Waals surface area contributed by atoms with Crippen LogP contribution in [0, 0.1) is 0 Å². The minimum absolute atomic E-state index is 1.06. The molecule has 2 fully saturated rings. The highest BCUT2D eigenvalue weighted by molar-refractivity contribution is 5.08. The summed E-state index contributed by atoms with van der Waals surface area (Å²) in [5.74, 6) is 0. The van der Waals surface area contributed by atoms with Crippen LogP contribution in [0.4, 0.5) is 0 Å². The second-order valence-corrected chi connectivity index (χ2v) is 4.30. The van der Waals surface area contributed by atoms with E-state index in [0.717, 1.165) is 6.04 Å². The van der Waals surface area contributed by atoms with Crippen LogP contribution in [0.3, 0.4) is 0 Å². The van der Waals surface area contributed by atoms with E-state index in [9.17, 15) is 0 Å². The number of hydrogen-bond donors (Lipinski definition) is 0. The van der Waals surface area contributed by atoms with Gasteiger partial charge in [0.25, 0.3) is 0 Å². The van der Waals surface area contributed by atoms with Crippen LogP contribution >= 0.6 is 0 Å². The Morgan fingerprint density at radius 2 is 2.00 bits per heavy atom. The number of allylic oxidation sites excluding steroid dienone is 2. The number of rotatable bonds is 2. The molecule has 0 amide bonds. The lowest BCUT2D eigenvalue weighted by Crippen LogP contribution is -2.43. The standard InChI is InChI=1S/C10H16N/c1-3-9(4-1)11(7-8-11)10-5-2-6-10/h3,10H,1-2,4-8H2/q+1. The molecule has 0 aromatic heterocycles. The quantitative estimate of drug-likeness (QED) is 0.417. The van der Waals surface area contributed by atoms with Crippen LogP contribution in [-0.2, 0) is 0 Å². The lowest BCUT2D eigenvalue weighted by Gasteiger charge is -2.38. The number of hydrogen-bond acceptors (Lipinski definition) is 0. The van der Waals surface area contributed by atoms with Crippen LogP contribution < -0.4 is 0 Å². The van der Waals surface area contributed by atoms with Crippen molar-refractivity contribution in [2.45, 2.75) is 38.1 Å². The first kappa shape index (κ1) is 6.24. The molecule has 1 heterocycles. The summed E-state index contributed by atoms with van der Waals surface area (Å²) in [5.41, 5.74) is 1.79. The Hall–Kier alpha value is -0.300. The van der Waals surface area contributed by atoms with Crippen molar-refractivity contribution in [3.05, 3.63) is 11.8 Å². The van der Waals surface area contributed by atoms with E-state index in [4.69, 9.17) is 0 Å². The molecule has 11 heavy (non-hydrogen) atoms. The number of nitrogens with zero attached hydrogens (tertiary/aromatic N) is 1. The Morgan fingerprint density at radius 3 is 2.27 bits per heavy atom. The van der Waals surface area contributed by atoms with Crippen molar-refractivity contribution in [3.8, 4) is 0 Å². The molecule has 3 aliphatic rings. The summed E-state index contributed by atoms with van der Waals surface area (Å²) in [6, 6.07) is 1.06. The zero-order chi connectivity index (χ0) is 7.31. The Bertz CT molecular complexity index is 209. The fourth-order valence-electron chi connectivity index (χ4n) is 2.55. The monoisotopic (exact) mass is 150 g/mol. The van der Waals surface area contributed by atoms with Crippen molar-refractivity contribution < 1.29 is 4.48 Å². The highest BCUT2D eigenvalue weighted by atomic mass is 15.5. The zero-order valence-corrected chi connectivity index (χ0v) is 7.05. The molecule has 0 atom stereocenters. The van der Waals surface area contributed by atoms with Crippen LogP contribution in [-0.4, -0.2) is 23.6 Å². The van der Waals surface area contributed by atoms with Crippen molar-refractivity contribution in [1.82, 2.24) is 0 Å². The van der Waals surface area contributed by atoms with E-state index >= 15 is 0 Å². The minimum Gasteiger partial charge on any atom is -0.283 e. The Labute approximate surface area is 68.3 Å². The van der Waals surface area contributed by atoms with Crippen molar-refractivity contribution in [2.24, 2.45) is 0 Å². The molecule has 0 unspecified atom stereocenters. The number of quaternary nitrogens is 1. The predicted octanol–water partition coefficient (Wildman–Crippen LogP) is 2.05. The van der Waals surface area contributed by atoms with Crippen molar-refractivity contribution in [2.75, 3.05) is 13.1 Å². The van der Waals surface area contributed by atoms with E-state index in [1.54, 1.807) is 5.70 Å². The van der Waals surface area contributed by atoms with E-state index in [1.165, 1.54) is 49.7 Å². The lowest BCUT2D eigenvalue weighted by molar-refractivity contribution is -0.799. The summed E-state index contributed by atoms with van der Waals surface area (Å²) < 4.78 is 1.44. The van der Waals surface area contributed by atoms with Gasteiger partial charge in [-0.1, -0.05) is 0 Å². The van der Waals surface area contributed by atoms with Gasteiger partial charge in [0.15, 0.2) is 0 Å². The fraction of sp³-hybridized carbons (Fsp3) is 0.800. The summed E-state index contributed by atoms with van der Waals surface area (Å²) in [4.78, 5) is 0. The second-order valence-electron chi connectivity index (χ2n) is 4.30. The van der Waals surface area contributed by atoms with E-state index in [0.29, 0.717) is 0 Å². The first-order valence-electron chi connectivity index (χ1n) is 4.98. The molecule has 0 aromatic rings. The molecule has 0 spiro atoms. The van der Waals surface area contributed by atoms with Gasteiger partial charge in [0, 0.05) is 19.3 Å². The molecule has 1 heteroatoms. The Kier molecular flexibility index (Phi) is 1.07. The van der Waals surface area contributed by atoms with Crippen molar-refractivity contribution in [1.29, 1.82) is 0 Å². The third-order valence-electron chi connectivity index (χ3n) is 3.83. The molecule has 0 aromatic carbocycles. The van der Waals surface area contributed by atoms with Gasteiger partial charge in [0.05, 0.1) is 6.04 Å². The maximum Gasteiger partial charge on any atom is 0.134 e. The van der Waals surface area contributed by atoms with E-state index in [2.05, 4.69) is 6.08 Å². The van der Waals surface area contributed by atoms with Gasteiger partial charge in [-0.15, -0.1) is 0 Å². The maximum atomic E-state index is 2.48. The molecule has 1 aliphatic heterocycles. The molecular weight excluding hydrogens is 134 g/mol. The molecular formula is C10H16N+. The van der Waals surface area contributed by atoms with Crippen LogP contribution in [0.25, 0.3) is 0 Å². The molecule has 2 aliphatic carbocycles. The smallest absolute Gasteiger partial charge is 0.134 e. The van der Waals surface area contributed by atoms with Crippen LogP contribution in [0.5, 0.6) is 0 Å². The minimum atomic E-state index is 1.06. The zero-order valence-electron chi connectivity index (χ0n) is 7.05. The average molecular weight is 150 g/mol. The van der Waals surface area contributed by atoms with Gasteiger partial charge >= 0.3 is 0 Å². The molecule has 1 saturated heterocycles. The SMILES string of the molecule is C1=C([N+]2(C3CCC3)CC2)CC1. The summed E-state index contributed by atoms with van der Waals surface area (Å²) in [6.45, 7) is 2.94. The van der Waals surface area contributed by atoms with Gasteiger partial charge < -0.3 is 0 Å². The van der Waals surface area contributed by atoms with Gasteiger partial charge in [-0.3, -0.25) is 4.48 Å². The maximum absolute atomic E-state index is 2.48. The van der Waals surface area contributed by atoms with Crippen molar-refractivity contribution in [3.63, 3.8) is 0 Å². The van der Waals surface area contributed by atoms with E-state index in [1.807, 2.05) is 0 Å².